The molecule has 0 spiro atoms. The quantitative estimate of drug-likeness (QED) is 0.735. The fraction of sp³-hybridized carbons (Fsp3) is 0.200. The number of primary amides is 1. The van der Waals surface area contributed by atoms with Crippen LogP contribution in [0.3, 0.4) is 0 Å². The minimum absolute atomic E-state index is 0.186. The minimum Gasteiger partial charge on any atom is -0.366 e. The maximum absolute atomic E-state index is 12.2. The van der Waals surface area contributed by atoms with Crippen molar-refractivity contribution < 1.29 is 9.59 Å². The van der Waals surface area contributed by atoms with Gasteiger partial charge < -0.3 is 16.8 Å². The van der Waals surface area contributed by atoms with Gasteiger partial charge in [0.1, 0.15) is 0 Å². The van der Waals surface area contributed by atoms with E-state index in [0.29, 0.717) is 0 Å². The second kappa shape index (κ2) is 4.94. The van der Waals surface area contributed by atoms with E-state index < -0.39 is 17.5 Å². The Labute approximate surface area is 116 Å². The third kappa shape index (κ3) is 2.95. The van der Waals surface area contributed by atoms with Crippen LogP contribution in [0.2, 0.25) is 0 Å². The number of hydrogen-bond acceptors (Lipinski definition) is 3. The van der Waals surface area contributed by atoms with Crippen LogP contribution in [0.1, 0.15) is 34.6 Å². The first-order chi connectivity index (χ1) is 9.28. The molecule has 2 rings (SSSR count). The van der Waals surface area contributed by atoms with Gasteiger partial charge in [0.05, 0.1) is 16.8 Å². The highest BCUT2D eigenvalue weighted by molar-refractivity contribution is 6.10. The molecule has 2 amide bonds. The van der Waals surface area contributed by atoms with Gasteiger partial charge in [-0.25, -0.2) is 0 Å². The largest absolute Gasteiger partial charge is 0.366 e. The van der Waals surface area contributed by atoms with Crippen molar-refractivity contribution in [2.24, 2.45) is 11.5 Å². The zero-order valence-corrected chi connectivity index (χ0v) is 11.4. The monoisotopic (exact) mass is 271 g/mol. The molecule has 0 unspecified atom stereocenters. The Balaban J connectivity index is 2.58. The van der Waals surface area contributed by atoms with Crippen LogP contribution in [0.4, 0.5) is 0 Å². The molecule has 0 aliphatic rings. The Bertz CT molecular complexity index is 687. The van der Waals surface area contributed by atoms with Crippen LogP contribution < -0.4 is 16.8 Å². The van der Waals surface area contributed by atoms with Gasteiger partial charge in [0.15, 0.2) is 0 Å². The number of hydrogen-bond donors (Lipinski definition) is 3. The summed E-state index contributed by atoms with van der Waals surface area (Å²) in [6.07, 6.45) is 0. The average Bonchev–Trinajstić information content (AvgIpc) is 2.35. The Morgan fingerprint density at radius 3 is 2.00 bits per heavy atom. The standard InChI is InChI=1S/C15H17N3O2/c1-15(2,17)18-14(20)12-8-10-6-4-3-5-9(10)7-11(12)13(16)19/h3-8H,17H2,1-2H3,(H2,16,19)(H,18,20). The van der Waals surface area contributed by atoms with E-state index in [-0.39, 0.29) is 11.1 Å². The van der Waals surface area contributed by atoms with Crippen LogP contribution in [-0.2, 0) is 0 Å². The van der Waals surface area contributed by atoms with Gasteiger partial charge in [0, 0.05) is 0 Å². The third-order valence-corrected chi connectivity index (χ3v) is 2.83. The Hall–Kier alpha value is -2.40. The summed E-state index contributed by atoms with van der Waals surface area (Å²) < 4.78 is 0. The molecule has 2 aromatic rings. The molecule has 0 heterocycles. The highest BCUT2D eigenvalue weighted by atomic mass is 16.2. The SMILES string of the molecule is CC(C)(N)NC(=O)c1cc2ccccc2cc1C(N)=O. The van der Waals surface area contributed by atoms with Gasteiger partial charge in [-0.15, -0.1) is 0 Å². The molecule has 0 saturated heterocycles. The van der Waals surface area contributed by atoms with E-state index in [1.54, 1.807) is 26.0 Å². The van der Waals surface area contributed by atoms with Crippen molar-refractivity contribution in [2.75, 3.05) is 0 Å². The Morgan fingerprint density at radius 1 is 1.05 bits per heavy atom. The molecule has 5 heteroatoms. The van der Waals surface area contributed by atoms with Crippen molar-refractivity contribution in [3.8, 4) is 0 Å². The summed E-state index contributed by atoms with van der Waals surface area (Å²) in [5.74, 6) is -1.06. The van der Waals surface area contributed by atoms with Gasteiger partial charge in [-0.2, -0.15) is 0 Å². The maximum atomic E-state index is 12.2. The van der Waals surface area contributed by atoms with E-state index in [1.807, 2.05) is 24.3 Å². The van der Waals surface area contributed by atoms with Crippen LogP contribution in [0.5, 0.6) is 0 Å². The lowest BCUT2D eigenvalue weighted by atomic mass is 9.99. The van der Waals surface area contributed by atoms with Crippen LogP contribution in [0.25, 0.3) is 10.8 Å². The molecule has 0 aromatic heterocycles. The first-order valence-electron chi connectivity index (χ1n) is 6.22. The highest BCUT2D eigenvalue weighted by Gasteiger charge is 2.20. The number of amides is 2. The third-order valence-electron chi connectivity index (χ3n) is 2.83. The van der Waals surface area contributed by atoms with E-state index >= 15 is 0 Å². The average molecular weight is 271 g/mol. The maximum Gasteiger partial charge on any atom is 0.253 e. The highest BCUT2D eigenvalue weighted by Crippen LogP contribution is 2.20. The smallest absolute Gasteiger partial charge is 0.253 e. The first kappa shape index (κ1) is 14.0. The number of carbonyl (C=O) groups excluding carboxylic acids is 2. The molecule has 0 atom stereocenters. The van der Waals surface area contributed by atoms with Gasteiger partial charge in [0.25, 0.3) is 5.91 Å². The fourth-order valence-electron chi connectivity index (χ4n) is 1.99. The van der Waals surface area contributed by atoms with E-state index in [9.17, 15) is 9.59 Å². The van der Waals surface area contributed by atoms with Crippen LogP contribution >= 0.6 is 0 Å². The summed E-state index contributed by atoms with van der Waals surface area (Å²) in [4.78, 5) is 23.8. The van der Waals surface area contributed by atoms with Crippen molar-refractivity contribution in [2.45, 2.75) is 19.5 Å². The number of benzene rings is 2. The van der Waals surface area contributed by atoms with Gasteiger partial charge in [-0.1, -0.05) is 24.3 Å². The molecular weight excluding hydrogens is 254 g/mol. The molecule has 0 radical (unpaired) electrons. The number of carbonyl (C=O) groups is 2. The van der Waals surface area contributed by atoms with E-state index in [2.05, 4.69) is 5.32 Å². The van der Waals surface area contributed by atoms with Gasteiger partial charge in [-0.05, 0) is 36.8 Å². The first-order valence-corrected chi connectivity index (χ1v) is 6.22. The Kier molecular flexibility index (Phi) is 3.46. The fourth-order valence-corrected chi connectivity index (χ4v) is 1.99. The predicted octanol–water partition coefficient (Wildman–Crippen LogP) is 1.36. The number of rotatable bonds is 3. The van der Waals surface area contributed by atoms with E-state index in [0.717, 1.165) is 10.8 Å². The van der Waals surface area contributed by atoms with Gasteiger partial charge >= 0.3 is 0 Å². The topological polar surface area (TPSA) is 98.2 Å². The summed E-state index contributed by atoms with van der Waals surface area (Å²) in [5.41, 5.74) is 10.7. The molecule has 2 aromatic carbocycles. The summed E-state index contributed by atoms with van der Waals surface area (Å²) >= 11 is 0. The number of fused-ring (bicyclic) bond motifs is 1. The number of nitrogens with one attached hydrogen (secondary N) is 1. The summed E-state index contributed by atoms with van der Waals surface area (Å²) in [6, 6.07) is 10.7. The lowest BCUT2D eigenvalue weighted by Crippen LogP contribution is -2.51. The molecule has 104 valence electrons. The summed E-state index contributed by atoms with van der Waals surface area (Å²) in [6.45, 7) is 3.33. The normalized spacial score (nSPS) is 11.3. The minimum atomic E-state index is -0.877. The van der Waals surface area contributed by atoms with E-state index in [4.69, 9.17) is 11.5 Å². The lowest BCUT2D eigenvalue weighted by molar-refractivity contribution is 0.0903. The summed E-state index contributed by atoms with van der Waals surface area (Å²) in [7, 11) is 0. The van der Waals surface area contributed by atoms with Crippen molar-refractivity contribution >= 4 is 22.6 Å². The molecule has 5 nitrogen and oxygen atoms in total. The molecule has 0 saturated carbocycles. The van der Waals surface area contributed by atoms with E-state index in [1.165, 1.54) is 0 Å². The number of nitrogens with two attached hydrogens (primary N) is 2. The van der Waals surface area contributed by atoms with Crippen molar-refractivity contribution in [3.63, 3.8) is 0 Å². The summed E-state index contributed by atoms with van der Waals surface area (Å²) in [5, 5.41) is 4.34. The van der Waals surface area contributed by atoms with Crippen molar-refractivity contribution in [3.05, 3.63) is 47.5 Å². The van der Waals surface area contributed by atoms with Gasteiger partial charge in [-0.3, -0.25) is 9.59 Å². The molecular formula is C15H17N3O2. The lowest BCUT2D eigenvalue weighted by Gasteiger charge is -2.21. The second-order valence-corrected chi connectivity index (χ2v) is 5.29. The molecule has 0 aliphatic carbocycles. The zero-order valence-electron chi connectivity index (χ0n) is 11.4. The van der Waals surface area contributed by atoms with Crippen LogP contribution in [0.15, 0.2) is 36.4 Å². The van der Waals surface area contributed by atoms with Crippen LogP contribution in [-0.4, -0.2) is 17.5 Å². The Morgan fingerprint density at radius 2 is 1.55 bits per heavy atom. The van der Waals surface area contributed by atoms with Crippen LogP contribution in [0, 0.1) is 0 Å². The second-order valence-electron chi connectivity index (χ2n) is 5.29. The molecule has 0 bridgehead atoms. The predicted molar refractivity (Wildman–Crippen MR) is 78.2 cm³/mol. The molecule has 5 N–H and O–H groups in total. The zero-order chi connectivity index (χ0) is 14.9. The molecule has 0 fully saturated rings. The molecule has 20 heavy (non-hydrogen) atoms. The van der Waals surface area contributed by atoms with Crippen molar-refractivity contribution in [1.29, 1.82) is 0 Å². The van der Waals surface area contributed by atoms with Crippen molar-refractivity contribution in [1.82, 2.24) is 5.32 Å². The van der Waals surface area contributed by atoms with Gasteiger partial charge in [0.2, 0.25) is 5.91 Å². The molecule has 0 aliphatic heterocycles.